The molecule has 1 aromatic carbocycles. The Morgan fingerprint density at radius 3 is 2.67 bits per heavy atom. The van der Waals surface area contributed by atoms with Crippen LogP contribution in [-0.2, 0) is 16.0 Å². The Bertz CT molecular complexity index is 779. The lowest BCUT2D eigenvalue weighted by atomic mass is 9.92. The fraction of sp³-hybridized carbons (Fsp3) is 0.526. The van der Waals surface area contributed by atoms with Gasteiger partial charge in [0, 0.05) is 12.5 Å². The molecule has 2 atom stereocenters. The van der Waals surface area contributed by atoms with E-state index in [1.807, 2.05) is 26.8 Å². The van der Waals surface area contributed by atoms with Crippen molar-refractivity contribution >= 4 is 17.8 Å². The van der Waals surface area contributed by atoms with Crippen LogP contribution in [0, 0.1) is 5.92 Å². The van der Waals surface area contributed by atoms with Crippen LogP contribution in [0.25, 0.3) is 0 Å². The monoisotopic (exact) mass is 375 g/mol. The molecule has 2 N–H and O–H groups in total. The zero-order chi connectivity index (χ0) is 19.8. The zero-order valence-electron chi connectivity index (χ0n) is 16.0. The van der Waals surface area contributed by atoms with Gasteiger partial charge in [-0.2, -0.15) is 0 Å². The molecule has 2 aliphatic heterocycles. The van der Waals surface area contributed by atoms with Crippen molar-refractivity contribution in [1.82, 2.24) is 15.5 Å². The molecular weight excluding hydrogens is 350 g/mol. The number of benzene rings is 1. The third kappa shape index (κ3) is 3.84. The molecule has 3 rings (SSSR count). The van der Waals surface area contributed by atoms with Crippen LogP contribution in [0.5, 0.6) is 11.5 Å². The highest BCUT2D eigenvalue weighted by Crippen LogP contribution is 2.34. The summed E-state index contributed by atoms with van der Waals surface area (Å²) in [6, 6.07) is 4.81. The number of fused-ring (bicyclic) bond motifs is 1. The minimum atomic E-state index is -1.12. The van der Waals surface area contributed by atoms with Crippen LogP contribution in [0.2, 0.25) is 0 Å². The quantitative estimate of drug-likeness (QED) is 0.733. The van der Waals surface area contributed by atoms with Gasteiger partial charge in [0.05, 0.1) is 0 Å². The van der Waals surface area contributed by atoms with Gasteiger partial charge in [-0.25, -0.2) is 4.79 Å². The summed E-state index contributed by atoms with van der Waals surface area (Å²) < 4.78 is 10.6. The number of hydrogen-bond acceptors (Lipinski definition) is 5. The SMILES string of the molecule is CC(C)C(C)NC(=O)CN1C(=O)NC(C)(Cc2ccc3c(c2)OCO3)C1=O. The fourth-order valence-corrected chi connectivity index (χ4v) is 3.08. The first-order valence-electron chi connectivity index (χ1n) is 9.01. The van der Waals surface area contributed by atoms with Crippen molar-refractivity contribution in [3.63, 3.8) is 0 Å². The number of amides is 4. The van der Waals surface area contributed by atoms with Crippen molar-refractivity contribution in [3.05, 3.63) is 23.8 Å². The highest BCUT2D eigenvalue weighted by molar-refractivity contribution is 6.09. The molecule has 27 heavy (non-hydrogen) atoms. The average Bonchev–Trinajstić information content (AvgIpc) is 3.13. The number of carbonyl (C=O) groups excluding carboxylic acids is 3. The lowest BCUT2D eigenvalue weighted by Gasteiger charge is -2.22. The second-order valence-corrected chi connectivity index (χ2v) is 7.62. The molecule has 2 heterocycles. The molecule has 4 amide bonds. The van der Waals surface area contributed by atoms with Crippen molar-refractivity contribution in [2.75, 3.05) is 13.3 Å². The van der Waals surface area contributed by atoms with Crippen molar-refractivity contribution in [3.8, 4) is 11.5 Å². The Balaban J connectivity index is 1.68. The maximum Gasteiger partial charge on any atom is 0.325 e. The van der Waals surface area contributed by atoms with E-state index >= 15 is 0 Å². The molecule has 8 heteroatoms. The van der Waals surface area contributed by atoms with Crippen molar-refractivity contribution in [2.24, 2.45) is 5.92 Å². The molecule has 146 valence electrons. The van der Waals surface area contributed by atoms with Crippen LogP contribution < -0.4 is 20.1 Å². The van der Waals surface area contributed by atoms with Crippen LogP contribution in [0.4, 0.5) is 4.79 Å². The maximum atomic E-state index is 12.8. The Hall–Kier alpha value is -2.77. The second-order valence-electron chi connectivity index (χ2n) is 7.62. The van der Waals surface area contributed by atoms with Crippen LogP contribution in [0.1, 0.15) is 33.3 Å². The lowest BCUT2D eigenvalue weighted by molar-refractivity contribution is -0.134. The van der Waals surface area contributed by atoms with E-state index in [0.29, 0.717) is 11.5 Å². The van der Waals surface area contributed by atoms with E-state index in [1.54, 1.807) is 19.1 Å². The van der Waals surface area contributed by atoms with E-state index in [4.69, 9.17) is 9.47 Å². The van der Waals surface area contributed by atoms with Gasteiger partial charge in [0.2, 0.25) is 12.7 Å². The predicted octanol–water partition coefficient (Wildman–Crippen LogP) is 1.43. The van der Waals surface area contributed by atoms with E-state index in [9.17, 15) is 14.4 Å². The van der Waals surface area contributed by atoms with Gasteiger partial charge in [-0.1, -0.05) is 19.9 Å². The van der Waals surface area contributed by atoms with Crippen LogP contribution in [0.3, 0.4) is 0 Å². The van der Waals surface area contributed by atoms with Gasteiger partial charge in [-0.3, -0.25) is 14.5 Å². The molecule has 1 saturated heterocycles. The van der Waals surface area contributed by atoms with E-state index in [-0.39, 0.29) is 37.6 Å². The maximum absolute atomic E-state index is 12.8. The minimum absolute atomic E-state index is 0.0433. The predicted molar refractivity (Wildman–Crippen MR) is 97.4 cm³/mol. The van der Waals surface area contributed by atoms with Crippen molar-refractivity contribution in [2.45, 2.75) is 45.7 Å². The molecule has 2 aliphatic rings. The number of carbonyl (C=O) groups is 3. The first kappa shape index (κ1) is 19.0. The lowest BCUT2D eigenvalue weighted by Crippen LogP contribution is -2.47. The standard InChI is InChI=1S/C19H25N3O5/c1-11(2)12(3)20-16(23)9-22-17(24)19(4,21-18(22)25)8-13-5-6-14-15(7-13)27-10-26-14/h5-7,11-12H,8-10H2,1-4H3,(H,20,23)(H,21,25). The molecule has 0 aromatic heterocycles. The molecule has 0 radical (unpaired) electrons. The molecular formula is C19H25N3O5. The normalized spacial score (nSPS) is 22.2. The molecule has 8 nitrogen and oxygen atoms in total. The number of urea groups is 1. The van der Waals surface area contributed by atoms with Crippen LogP contribution >= 0.6 is 0 Å². The largest absolute Gasteiger partial charge is 0.454 e. The number of ether oxygens (including phenoxy) is 2. The number of nitrogens with zero attached hydrogens (tertiary/aromatic N) is 1. The van der Waals surface area contributed by atoms with Gasteiger partial charge in [-0.15, -0.1) is 0 Å². The molecule has 0 bridgehead atoms. The summed E-state index contributed by atoms with van der Waals surface area (Å²) in [5, 5.41) is 5.52. The van der Waals surface area contributed by atoms with Gasteiger partial charge >= 0.3 is 6.03 Å². The smallest absolute Gasteiger partial charge is 0.325 e. The summed E-state index contributed by atoms with van der Waals surface area (Å²) in [6.07, 6.45) is 0.286. The fourth-order valence-electron chi connectivity index (χ4n) is 3.08. The van der Waals surface area contributed by atoms with Gasteiger partial charge in [0.1, 0.15) is 12.1 Å². The number of nitrogens with one attached hydrogen (secondary N) is 2. The molecule has 0 saturated carbocycles. The zero-order valence-corrected chi connectivity index (χ0v) is 16.0. The summed E-state index contributed by atoms with van der Waals surface area (Å²) in [6.45, 7) is 7.40. The first-order chi connectivity index (χ1) is 12.7. The average molecular weight is 375 g/mol. The summed E-state index contributed by atoms with van der Waals surface area (Å²) in [7, 11) is 0. The van der Waals surface area contributed by atoms with E-state index in [1.165, 1.54) is 0 Å². The summed E-state index contributed by atoms with van der Waals surface area (Å²) in [5.74, 6) is 0.757. The van der Waals surface area contributed by atoms with Crippen molar-refractivity contribution < 1.29 is 23.9 Å². The Labute approximate surface area is 158 Å². The number of imide groups is 1. The third-order valence-corrected chi connectivity index (χ3v) is 5.03. The molecule has 0 aliphatic carbocycles. The van der Waals surface area contributed by atoms with E-state index in [2.05, 4.69) is 10.6 Å². The summed E-state index contributed by atoms with van der Waals surface area (Å²) in [5.41, 5.74) is -0.288. The highest BCUT2D eigenvalue weighted by atomic mass is 16.7. The first-order valence-corrected chi connectivity index (χ1v) is 9.01. The Morgan fingerprint density at radius 1 is 1.26 bits per heavy atom. The van der Waals surface area contributed by atoms with Gasteiger partial charge in [0.25, 0.3) is 5.91 Å². The summed E-state index contributed by atoms with van der Waals surface area (Å²) in [4.78, 5) is 38.3. The highest BCUT2D eigenvalue weighted by Gasteiger charge is 2.48. The van der Waals surface area contributed by atoms with Crippen molar-refractivity contribution in [1.29, 1.82) is 0 Å². The Morgan fingerprint density at radius 2 is 1.96 bits per heavy atom. The number of rotatable bonds is 6. The third-order valence-electron chi connectivity index (χ3n) is 5.03. The van der Waals surface area contributed by atoms with Gasteiger partial charge in [-0.05, 0) is 37.5 Å². The van der Waals surface area contributed by atoms with E-state index in [0.717, 1.165) is 10.5 Å². The Kier molecular flexibility index (Phi) is 4.99. The number of hydrogen-bond donors (Lipinski definition) is 2. The van der Waals surface area contributed by atoms with Crippen LogP contribution in [-0.4, -0.2) is 47.7 Å². The topological polar surface area (TPSA) is 97.0 Å². The minimum Gasteiger partial charge on any atom is -0.454 e. The second kappa shape index (κ2) is 7.09. The van der Waals surface area contributed by atoms with E-state index < -0.39 is 17.5 Å². The molecule has 1 fully saturated rings. The molecule has 1 aromatic rings. The van der Waals surface area contributed by atoms with Gasteiger partial charge in [0.15, 0.2) is 11.5 Å². The molecule has 2 unspecified atom stereocenters. The van der Waals surface area contributed by atoms with Crippen LogP contribution in [0.15, 0.2) is 18.2 Å². The molecule has 0 spiro atoms. The van der Waals surface area contributed by atoms with Gasteiger partial charge < -0.3 is 20.1 Å². The summed E-state index contributed by atoms with van der Waals surface area (Å²) >= 11 is 0.